The Morgan fingerprint density at radius 1 is 1.53 bits per heavy atom. The SMILES string of the molecule is CC1(C)C(O)CC1NC(=O)Cn1[nH]c(=O)ccc1=O. The Bertz CT molecular complexity index is 601. The normalized spacial score (nSPS) is 24.6. The highest BCUT2D eigenvalue weighted by molar-refractivity contribution is 5.76. The zero-order valence-corrected chi connectivity index (χ0v) is 10.8. The number of aromatic amines is 1. The summed E-state index contributed by atoms with van der Waals surface area (Å²) in [7, 11) is 0. The highest BCUT2D eigenvalue weighted by atomic mass is 16.3. The summed E-state index contributed by atoms with van der Waals surface area (Å²) in [6.07, 6.45) is 0.0657. The van der Waals surface area contributed by atoms with Crippen LogP contribution in [0.2, 0.25) is 0 Å². The number of carbonyl (C=O) groups is 1. The van der Waals surface area contributed by atoms with E-state index in [9.17, 15) is 19.5 Å². The van der Waals surface area contributed by atoms with Gasteiger partial charge in [0.25, 0.3) is 11.1 Å². The second-order valence-corrected chi connectivity index (χ2v) is 5.43. The van der Waals surface area contributed by atoms with Gasteiger partial charge in [-0.15, -0.1) is 0 Å². The number of amides is 1. The van der Waals surface area contributed by atoms with E-state index in [1.807, 2.05) is 13.8 Å². The number of aromatic nitrogens is 2. The smallest absolute Gasteiger partial charge is 0.265 e. The molecule has 2 atom stereocenters. The van der Waals surface area contributed by atoms with E-state index in [0.29, 0.717) is 6.42 Å². The standard InChI is InChI=1S/C12H17N3O4/c1-12(2)7(5-8(12)16)13-10(18)6-15-11(19)4-3-9(17)14-15/h3-4,7-8,16H,5-6H2,1-2H3,(H,13,18)(H,14,17). The zero-order chi connectivity index (χ0) is 14.2. The quantitative estimate of drug-likeness (QED) is 0.640. The van der Waals surface area contributed by atoms with Crippen molar-refractivity contribution in [3.05, 3.63) is 32.8 Å². The lowest BCUT2D eigenvalue weighted by molar-refractivity contribution is -0.130. The van der Waals surface area contributed by atoms with Crippen molar-refractivity contribution in [1.29, 1.82) is 0 Å². The first kappa shape index (κ1) is 13.5. The van der Waals surface area contributed by atoms with E-state index in [1.54, 1.807) is 0 Å². The van der Waals surface area contributed by atoms with Crippen LogP contribution in [-0.4, -0.2) is 32.9 Å². The van der Waals surface area contributed by atoms with E-state index >= 15 is 0 Å². The van der Waals surface area contributed by atoms with Gasteiger partial charge in [-0.1, -0.05) is 13.8 Å². The molecule has 0 aromatic carbocycles. The van der Waals surface area contributed by atoms with Crippen LogP contribution < -0.4 is 16.4 Å². The zero-order valence-electron chi connectivity index (χ0n) is 10.8. The van der Waals surface area contributed by atoms with E-state index in [-0.39, 0.29) is 23.9 Å². The summed E-state index contributed by atoms with van der Waals surface area (Å²) in [6.45, 7) is 3.49. The Morgan fingerprint density at radius 3 is 2.79 bits per heavy atom. The minimum atomic E-state index is -0.442. The minimum absolute atomic E-state index is 0.124. The molecule has 7 heteroatoms. The van der Waals surface area contributed by atoms with Gasteiger partial charge in [0, 0.05) is 23.6 Å². The number of H-pyrrole nitrogens is 1. The Hall–Kier alpha value is -1.89. The maximum Gasteiger partial charge on any atom is 0.265 e. The summed E-state index contributed by atoms with van der Waals surface area (Å²) in [5, 5.41) is 14.6. The van der Waals surface area contributed by atoms with Crippen LogP contribution in [0.15, 0.2) is 21.7 Å². The molecule has 19 heavy (non-hydrogen) atoms. The van der Waals surface area contributed by atoms with Crippen LogP contribution in [0.4, 0.5) is 0 Å². The lowest BCUT2D eigenvalue weighted by Gasteiger charge is -2.49. The number of hydrogen-bond acceptors (Lipinski definition) is 4. The fourth-order valence-corrected chi connectivity index (χ4v) is 2.11. The van der Waals surface area contributed by atoms with Crippen LogP contribution in [0.5, 0.6) is 0 Å². The third kappa shape index (κ3) is 2.60. The second kappa shape index (κ2) is 4.65. The molecule has 0 saturated heterocycles. The maximum atomic E-state index is 11.8. The van der Waals surface area contributed by atoms with Gasteiger partial charge < -0.3 is 10.4 Å². The molecule has 1 heterocycles. The first-order valence-corrected chi connectivity index (χ1v) is 6.08. The molecule has 1 saturated carbocycles. The summed E-state index contributed by atoms with van der Waals surface area (Å²) in [4.78, 5) is 34.3. The Morgan fingerprint density at radius 2 is 2.21 bits per heavy atom. The Balaban J connectivity index is 2.01. The molecule has 0 radical (unpaired) electrons. The van der Waals surface area contributed by atoms with Gasteiger partial charge in [0.2, 0.25) is 5.91 Å². The minimum Gasteiger partial charge on any atom is -0.392 e. The summed E-state index contributed by atoms with van der Waals surface area (Å²) in [5.74, 6) is -0.367. The van der Waals surface area contributed by atoms with Crippen LogP contribution in [0.3, 0.4) is 0 Å². The largest absolute Gasteiger partial charge is 0.392 e. The van der Waals surface area contributed by atoms with Crippen LogP contribution in [0.1, 0.15) is 20.3 Å². The van der Waals surface area contributed by atoms with Gasteiger partial charge in [0.1, 0.15) is 6.54 Å². The lowest BCUT2D eigenvalue weighted by atomic mass is 9.64. The Kier molecular flexibility index (Phi) is 3.32. The highest BCUT2D eigenvalue weighted by Crippen LogP contribution is 2.40. The summed E-state index contributed by atoms with van der Waals surface area (Å²) in [6, 6.07) is 2.10. The molecule has 0 aliphatic heterocycles. The molecule has 7 nitrogen and oxygen atoms in total. The Labute approximate surface area is 109 Å². The lowest BCUT2D eigenvalue weighted by Crippen LogP contribution is -2.61. The van der Waals surface area contributed by atoms with Crippen molar-refractivity contribution in [2.24, 2.45) is 5.41 Å². The van der Waals surface area contributed by atoms with Crippen LogP contribution in [0.25, 0.3) is 0 Å². The first-order valence-electron chi connectivity index (χ1n) is 6.08. The van der Waals surface area contributed by atoms with Crippen molar-refractivity contribution >= 4 is 5.91 Å². The van der Waals surface area contributed by atoms with E-state index in [2.05, 4.69) is 10.4 Å². The molecule has 1 aliphatic rings. The van der Waals surface area contributed by atoms with Crippen molar-refractivity contribution in [3.8, 4) is 0 Å². The predicted octanol–water partition coefficient (Wildman–Crippen LogP) is -1.19. The van der Waals surface area contributed by atoms with Crippen molar-refractivity contribution in [3.63, 3.8) is 0 Å². The van der Waals surface area contributed by atoms with Gasteiger partial charge in [0.05, 0.1) is 6.10 Å². The average Bonchev–Trinajstić information content (AvgIpc) is 2.33. The number of nitrogens with zero attached hydrogens (tertiary/aromatic N) is 1. The van der Waals surface area contributed by atoms with Crippen molar-refractivity contribution in [2.45, 2.75) is 39.0 Å². The maximum absolute atomic E-state index is 11.8. The first-order chi connectivity index (χ1) is 8.80. The number of hydrogen-bond donors (Lipinski definition) is 3. The van der Waals surface area contributed by atoms with Gasteiger partial charge in [-0.3, -0.25) is 19.5 Å². The third-order valence-electron chi connectivity index (χ3n) is 3.74. The molecule has 1 amide bonds. The number of aliphatic hydroxyl groups is 1. The monoisotopic (exact) mass is 267 g/mol. The molecule has 0 bridgehead atoms. The molecule has 0 spiro atoms. The number of nitrogens with one attached hydrogen (secondary N) is 2. The highest BCUT2D eigenvalue weighted by Gasteiger charge is 2.47. The van der Waals surface area contributed by atoms with Crippen LogP contribution in [0, 0.1) is 5.41 Å². The van der Waals surface area contributed by atoms with E-state index < -0.39 is 17.2 Å². The number of aliphatic hydroxyl groups excluding tert-OH is 1. The number of carbonyl (C=O) groups excluding carboxylic acids is 1. The average molecular weight is 267 g/mol. The molecule has 1 fully saturated rings. The molecule has 1 aromatic rings. The predicted molar refractivity (Wildman–Crippen MR) is 67.7 cm³/mol. The third-order valence-corrected chi connectivity index (χ3v) is 3.74. The molecule has 2 unspecified atom stereocenters. The fourth-order valence-electron chi connectivity index (χ4n) is 2.11. The van der Waals surface area contributed by atoms with Gasteiger partial charge >= 0.3 is 0 Å². The molecular formula is C12H17N3O4. The summed E-state index contributed by atoms with van der Waals surface area (Å²) >= 11 is 0. The van der Waals surface area contributed by atoms with Gasteiger partial charge in [-0.25, -0.2) is 4.68 Å². The fraction of sp³-hybridized carbons (Fsp3) is 0.583. The van der Waals surface area contributed by atoms with Crippen molar-refractivity contribution < 1.29 is 9.90 Å². The molecule has 104 valence electrons. The van der Waals surface area contributed by atoms with Crippen molar-refractivity contribution in [1.82, 2.24) is 15.1 Å². The molecule has 3 N–H and O–H groups in total. The topological polar surface area (TPSA) is 104 Å². The summed E-state index contributed by atoms with van der Waals surface area (Å²) in [5.41, 5.74) is -1.25. The van der Waals surface area contributed by atoms with Crippen LogP contribution >= 0.6 is 0 Å². The van der Waals surface area contributed by atoms with E-state index in [0.717, 1.165) is 16.8 Å². The molecule has 2 rings (SSSR count). The second-order valence-electron chi connectivity index (χ2n) is 5.43. The van der Waals surface area contributed by atoms with Crippen molar-refractivity contribution in [2.75, 3.05) is 0 Å². The molecular weight excluding hydrogens is 250 g/mol. The van der Waals surface area contributed by atoms with Crippen LogP contribution in [-0.2, 0) is 11.3 Å². The molecule has 1 aromatic heterocycles. The summed E-state index contributed by atoms with van der Waals surface area (Å²) < 4.78 is 0.958. The molecule has 1 aliphatic carbocycles. The van der Waals surface area contributed by atoms with E-state index in [1.165, 1.54) is 0 Å². The van der Waals surface area contributed by atoms with Gasteiger partial charge in [0.15, 0.2) is 0 Å². The number of rotatable bonds is 3. The van der Waals surface area contributed by atoms with Gasteiger partial charge in [-0.2, -0.15) is 0 Å². The van der Waals surface area contributed by atoms with Gasteiger partial charge in [-0.05, 0) is 6.42 Å². The van der Waals surface area contributed by atoms with E-state index in [4.69, 9.17) is 0 Å².